The number of ether oxygens (including phenoxy) is 2. The molecule has 0 aliphatic carbocycles. The van der Waals surface area contributed by atoms with Crippen molar-refractivity contribution in [2.75, 3.05) is 14.2 Å². The number of aromatic nitrogens is 5. The Bertz CT molecular complexity index is 1120. The van der Waals surface area contributed by atoms with Crippen LogP contribution in [-0.2, 0) is 0 Å². The molecule has 140 valence electrons. The lowest BCUT2D eigenvalue weighted by atomic mass is 10.1. The Hall–Kier alpha value is -3.59. The van der Waals surface area contributed by atoms with Gasteiger partial charge in [0.2, 0.25) is 11.7 Å². The van der Waals surface area contributed by atoms with E-state index in [-0.39, 0.29) is 11.8 Å². The largest absolute Gasteiger partial charge is 0.480 e. The number of ketones is 1. The van der Waals surface area contributed by atoms with Crippen molar-refractivity contribution >= 4 is 17.1 Å². The molecule has 0 aliphatic rings. The predicted octanol–water partition coefficient (Wildman–Crippen LogP) is 3.03. The molecular formula is C19H15N5O3S. The van der Waals surface area contributed by atoms with E-state index in [2.05, 4.69) is 19.9 Å². The molecule has 0 aliphatic heterocycles. The van der Waals surface area contributed by atoms with Crippen LogP contribution >= 0.6 is 11.3 Å². The Balaban J connectivity index is 1.68. The Morgan fingerprint density at radius 1 is 1.14 bits per heavy atom. The Labute approximate surface area is 164 Å². The summed E-state index contributed by atoms with van der Waals surface area (Å²) in [5.41, 5.74) is 2.76. The van der Waals surface area contributed by atoms with Crippen LogP contribution in [0, 0.1) is 0 Å². The van der Waals surface area contributed by atoms with Gasteiger partial charge in [0.1, 0.15) is 12.0 Å². The number of thiazole rings is 1. The van der Waals surface area contributed by atoms with Crippen LogP contribution in [-0.4, -0.2) is 44.5 Å². The van der Waals surface area contributed by atoms with Crippen LogP contribution in [0.3, 0.4) is 0 Å². The van der Waals surface area contributed by atoms with E-state index in [0.717, 1.165) is 16.8 Å². The van der Waals surface area contributed by atoms with Crippen molar-refractivity contribution in [3.05, 3.63) is 65.3 Å². The maximum absolute atomic E-state index is 12.4. The van der Waals surface area contributed by atoms with Crippen LogP contribution in [0.15, 0.2) is 54.6 Å². The van der Waals surface area contributed by atoms with E-state index < -0.39 is 0 Å². The highest BCUT2D eigenvalue weighted by atomic mass is 32.1. The van der Waals surface area contributed by atoms with Crippen LogP contribution in [0.5, 0.6) is 11.9 Å². The first-order chi connectivity index (χ1) is 13.7. The van der Waals surface area contributed by atoms with Gasteiger partial charge in [-0.1, -0.05) is 12.1 Å². The van der Waals surface area contributed by atoms with Crippen molar-refractivity contribution in [3.63, 3.8) is 0 Å². The molecule has 1 aromatic carbocycles. The average Bonchev–Trinajstić information content (AvgIpc) is 3.45. The molecular weight excluding hydrogens is 378 g/mol. The summed E-state index contributed by atoms with van der Waals surface area (Å²) in [7, 11) is 3.04. The lowest BCUT2D eigenvalue weighted by Crippen LogP contribution is -2.00. The third-order valence-corrected chi connectivity index (χ3v) is 4.78. The molecule has 0 N–H and O–H groups in total. The standard InChI is InChI=1S/C19H15N5O3S/c1-26-17-14(9-21-19(23-17)27-2)12-4-3-5-13(8-12)24-10-15(22-11-24)16(25)18-20-6-7-28-18/h3-11H,1-2H3. The molecule has 8 nitrogen and oxygen atoms in total. The highest BCUT2D eigenvalue weighted by Gasteiger charge is 2.16. The lowest BCUT2D eigenvalue weighted by molar-refractivity contribution is 0.103. The molecule has 0 saturated heterocycles. The van der Waals surface area contributed by atoms with Crippen LogP contribution in [0.1, 0.15) is 15.5 Å². The first-order valence-corrected chi connectivity index (χ1v) is 9.11. The highest BCUT2D eigenvalue weighted by molar-refractivity contribution is 7.11. The van der Waals surface area contributed by atoms with Crippen LogP contribution in [0.4, 0.5) is 0 Å². The van der Waals surface area contributed by atoms with Crippen LogP contribution < -0.4 is 9.47 Å². The molecule has 28 heavy (non-hydrogen) atoms. The first kappa shape index (κ1) is 17.8. The minimum Gasteiger partial charge on any atom is -0.480 e. The number of methoxy groups -OCH3 is 2. The Kier molecular flexibility index (Phi) is 4.81. The quantitative estimate of drug-likeness (QED) is 0.465. The van der Waals surface area contributed by atoms with E-state index in [9.17, 15) is 4.79 Å². The summed E-state index contributed by atoms with van der Waals surface area (Å²) in [4.78, 5) is 29.1. The van der Waals surface area contributed by atoms with Crippen molar-refractivity contribution in [2.24, 2.45) is 0 Å². The zero-order chi connectivity index (χ0) is 19.5. The molecule has 0 atom stereocenters. The maximum atomic E-state index is 12.4. The third-order valence-electron chi connectivity index (χ3n) is 4.00. The van der Waals surface area contributed by atoms with Gasteiger partial charge in [-0.15, -0.1) is 11.3 Å². The second-order valence-electron chi connectivity index (χ2n) is 5.66. The smallest absolute Gasteiger partial charge is 0.319 e. The summed E-state index contributed by atoms with van der Waals surface area (Å²) in [5, 5.41) is 2.18. The van der Waals surface area contributed by atoms with E-state index in [1.165, 1.54) is 18.4 Å². The molecule has 0 radical (unpaired) electrons. The van der Waals surface area contributed by atoms with Gasteiger partial charge in [-0.05, 0) is 17.7 Å². The zero-order valence-corrected chi connectivity index (χ0v) is 15.9. The van der Waals surface area contributed by atoms with Gasteiger partial charge >= 0.3 is 6.01 Å². The molecule has 3 heterocycles. The number of benzene rings is 1. The summed E-state index contributed by atoms with van der Waals surface area (Å²) in [5.74, 6) is 0.212. The number of hydrogen-bond acceptors (Lipinski definition) is 8. The predicted molar refractivity (Wildman–Crippen MR) is 103 cm³/mol. The number of imidazole rings is 1. The summed E-state index contributed by atoms with van der Waals surface area (Å²) < 4.78 is 12.2. The van der Waals surface area contributed by atoms with Crippen LogP contribution in [0.25, 0.3) is 16.8 Å². The lowest BCUT2D eigenvalue weighted by Gasteiger charge is -2.10. The molecule has 0 amide bonds. The molecule has 0 fully saturated rings. The number of carbonyl (C=O) groups is 1. The van der Waals surface area contributed by atoms with E-state index in [0.29, 0.717) is 16.6 Å². The van der Waals surface area contributed by atoms with Crippen LogP contribution in [0.2, 0.25) is 0 Å². The number of hydrogen-bond donors (Lipinski definition) is 0. The highest BCUT2D eigenvalue weighted by Crippen LogP contribution is 2.30. The molecule has 0 spiro atoms. The molecule has 0 unspecified atom stereocenters. The fourth-order valence-electron chi connectivity index (χ4n) is 2.66. The van der Waals surface area contributed by atoms with Gasteiger partial charge in [0.15, 0.2) is 5.01 Å². The Morgan fingerprint density at radius 3 is 2.79 bits per heavy atom. The van der Waals surface area contributed by atoms with Gasteiger partial charge in [0, 0.05) is 29.7 Å². The first-order valence-electron chi connectivity index (χ1n) is 8.23. The second kappa shape index (κ2) is 7.57. The second-order valence-corrected chi connectivity index (χ2v) is 6.56. The minimum atomic E-state index is -0.199. The normalized spacial score (nSPS) is 10.6. The van der Waals surface area contributed by atoms with Gasteiger partial charge in [0.05, 0.1) is 19.8 Å². The molecule has 3 aromatic heterocycles. The summed E-state index contributed by atoms with van der Waals surface area (Å²) >= 11 is 1.29. The molecule has 4 aromatic rings. The van der Waals surface area contributed by atoms with E-state index >= 15 is 0 Å². The van der Waals surface area contributed by atoms with Crippen molar-refractivity contribution < 1.29 is 14.3 Å². The summed E-state index contributed by atoms with van der Waals surface area (Å²) in [6.07, 6.45) is 6.53. The SMILES string of the molecule is COc1ncc(-c2cccc(-n3cnc(C(=O)c4nccs4)c3)c2)c(OC)n1. The maximum Gasteiger partial charge on any atom is 0.319 e. The van der Waals surface area contributed by atoms with Crippen molar-refractivity contribution in [2.45, 2.75) is 0 Å². The van der Waals surface area contributed by atoms with Gasteiger partial charge in [-0.25, -0.2) is 15.0 Å². The molecule has 9 heteroatoms. The summed E-state index contributed by atoms with van der Waals surface area (Å²) in [6.45, 7) is 0. The van der Waals surface area contributed by atoms with E-state index in [1.807, 2.05) is 24.3 Å². The average molecular weight is 393 g/mol. The zero-order valence-electron chi connectivity index (χ0n) is 15.1. The monoisotopic (exact) mass is 393 g/mol. The Morgan fingerprint density at radius 2 is 2.04 bits per heavy atom. The fraction of sp³-hybridized carbons (Fsp3) is 0.105. The third kappa shape index (κ3) is 3.35. The molecule has 0 saturated carbocycles. The number of carbonyl (C=O) groups excluding carboxylic acids is 1. The number of nitrogens with zero attached hydrogens (tertiary/aromatic N) is 5. The van der Waals surface area contributed by atoms with Gasteiger partial charge in [-0.2, -0.15) is 4.98 Å². The minimum absolute atomic E-state index is 0.199. The number of rotatable bonds is 6. The van der Waals surface area contributed by atoms with E-state index in [1.54, 1.807) is 42.0 Å². The van der Waals surface area contributed by atoms with Gasteiger partial charge in [-0.3, -0.25) is 4.79 Å². The molecule has 4 rings (SSSR count). The van der Waals surface area contributed by atoms with Crippen molar-refractivity contribution in [3.8, 4) is 28.7 Å². The topological polar surface area (TPSA) is 92.0 Å². The fourth-order valence-corrected chi connectivity index (χ4v) is 3.25. The summed E-state index contributed by atoms with van der Waals surface area (Å²) in [6, 6.07) is 7.91. The molecule has 0 bridgehead atoms. The van der Waals surface area contributed by atoms with Gasteiger partial charge < -0.3 is 14.0 Å². The van der Waals surface area contributed by atoms with E-state index in [4.69, 9.17) is 9.47 Å². The van der Waals surface area contributed by atoms with Crippen molar-refractivity contribution in [1.29, 1.82) is 0 Å². The van der Waals surface area contributed by atoms with Gasteiger partial charge in [0.25, 0.3) is 0 Å². The van der Waals surface area contributed by atoms with Crippen molar-refractivity contribution in [1.82, 2.24) is 24.5 Å².